The zero-order valence-corrected chi connectivity index (χ0v) is 12.7. The summed E-state index contributed by atoms with van der Waals surface area (Å²) in [6.07, 6.45) is 8.23. The van der Waals surface area contributed by atoms with Crippen LogP contribution in [0.15, 0.2) is 11.3 Å². The number of nitrogens with zero attached hydrogens (tertiary/aromatic N) is 1. The molecule has 1 amide bonds. The number of rotatable bonds is 0. The molecule has 3 heteroatoms. The minimum absolute atomic E-state index is 0.239. The van der Waals surface area contributed by atoms with Gasteiger partial charge in [0.25, 0.3) is 0 Å². The van der Waals surface area contributed by atoms with Crippen LogP contribution in [0.4, 0.5) is 0 Å². The minimum atomic E-state index is 0.239. The first-order chi connectivity index (χ1) is 9.61. The molecule has 0 aromatic heterocycles. The Morgan fingerprint density at radius 2 is 2.20 bits per heavy atom. The summed E-state index contributed by atoms with van der Waals surface area (Å²) in [5.74, 6) is 2.69. The fraction of sp³-hybridized carbons (Fsp3) is 0.824. The molecule has 4 atom stereocenters. The number of amides is 1. The van der Waals surface area contributed by atoms with Gasteiger partial charge in [0.05, 0.1) is 0 Å². The molecule has 2 heterocycles. The minimum Gasteiger partial charge on any atom is -0.330 e. The maximum atomic E-state index is 11.8. The van der Waals surface area contributed by atoms with Gasteiger partial charge < -0.3 is 5.32 Å². The average Bonchev–Trinajstić information content (AvgIpc) is 2.39. The van der Waals surface area contributed by atoms with Crippen molar-refractivity contribution in [3.63, 3.8) is 0 Å². The van der Waals surface area contributed by atoms with Crippen LogP contribution in [0.3, 0.4) is 0 Å². The molecule has 2 bridgehead atoms. The van der Waals surface area contributed by atoms with Gasteiger partial charge in [-0.1, -0.05) is 6.92 Å². The summed E-state index contributed by atoms with van der Waals surface area (Å²) in [7, 11) is 2.33. The zero-order valence-electron chi connectivity index (χ0n) is 12.7. The van der Waals surface area contributed by atoms with Gasteiger partial charge in [0.1, 0.15) is 0 Å². The predicted molar refractivity (Wildman–Crippen MR) is 79.0 cm³/mol. The van der Waals surface area contributed by atoms with Crippen LogP contribution in [-0.2, 0) is 4.79 Å². The molecule has 110 valence electrons. The summed E-state index contributed by atoms with van der Waals surface area (Å²) in [4.78, 5) is 14.4. The van der Waals surface area contributed by atoms with Gasteiger partial charge >= 0.3 is 0 Å². The monoisotopic (exact) mass is 274 g/mol. The normalized spacial score (nSPS) is 44.7. The molecule has 20 heavy (non-hydrogen) atoms. The van der Waals surface area contributed by atoms with E-state index in [1.165, 1.54) is 37.9 Å². The van der Waals surface area contributed by atoms with E-state index < -0.39 is 0 Å². The number of likely N-dealkylation sites (tertiary alicyclic amines) is 1. The number of allylic oxidation sites excluding steroid dienone is 1. The van der Waals surface area contributed by atoms with Gasteiger partial charge in [-0.2, -0.15) is 0 Å². The second kappa shape index (κ2) is 4.33. The molecular formula is C17H26N2O. The lowest BCUT2D eigenvalue weighted by atomic mass is 9.52. The molecule has 2 aliphatic carbocycles. The Balaban J connectivity index is 1.85. The van der Waals surface area contributed by atoms with Crippen molar-refractivity contribution in [1.29, 1.82) is 0 Å². The van der Waals surface area contributed by atoms with Gasteiger partial charge in [0.15, 0.2) is 0 Å². The van der Waals surface area contributed by atoms with Gasteiger partial charge in [-0.15, -0.1) is 0 Å². The molecule has 3 nitrogen and oxygen atoms in total. The zero-order chi connectivity index (χ0) is 13.9. The van der Waals surface area contributed by atoms with E-state index in [2.05, 4.69) is 24.2 Å². The first-order valence-corrected chi connectivity index (χ1v) is 8.35. The Labute approximate surface area is 121 Å². The van der Waals surface area contributed by atoms with Gasteiger partial charge in [0.2, 0.25) is 5.91 Å². The molecule has 4 aliphatic rings. The van der Waals surface area contributed by atoms with Crippen LogP contribution < -0.4 is 5.32 Å². The highest BCUT2D eigenvalue weighted by atomic mass is 16.1. The highest BCUT2D eigenvalue weighted by Crippen LogP contribution is 2.58. The quantitative estimate of drug-likeness (QED) is 0.736. The third kappa shape index (κ3) is 1.59. The van der Waals surface area contributed by atoms with Crippen molar-refractivity contribution in [2.24, 2.45) is 17.8 Å². The molecule has 2 aliphatic heterocycles. The Morgan fingerprint density at radius 3 is 3.05 bits per heavy atom. The van der Waals surface area contributed by atoms with Crippen molar-refractivity contribution in [2.45, 2.75) is 57.4 Å². The lowest BCUT2D eigenvalue weighted by molar-refractivity contribution is -0.122. The summed E-state index contributed by atoms with van der Waals surface area (Å²) in [5, 5.41) is 3.22. The summed E-state index contributed by atoms with van der Waals surface area (Å²) in [5.41, 5.74) is 3.19. The number of hydrogen-bond donors (Lipinski definition) is 1. The average molecular weight is 274 g/mol. The number of piperidine rings is 1. The van der Waals surface area contributed by atoms with E-state index in [0.717, 1.165) is 30.6 Å². The topological polar surface area (TPSA) is 32.3 Å². The highest BCUT2D eigenvalue weighted by molar-refractivity contribution is 5.80. The van der Waals surface area contributed by atoms with Gasteiger partial charge in [-0.05, 0) is 75.4 Å². The first kappa shape index (κ1) is 12.9. The summed E-state index contributed by atoms with van der Waals surface area (Å²) in [6, 6.07) is 0. The molecule has 2 fully saturated rings. The Morgan fingerprint density at radius 1 is 1.35 bits per heavy atom. The maximum absolute atomic E-state index is 11.8. The van der Waals surface area contributed by atoms with E-state index in [4.69, 9.17) is 0 Å². The molecule has 0 aromatic rings. The van der Waals surface area contributed by atoms with E-state index in [1.807, 2.05) is 0 Å². The molecule has 0 spiro atoms. The van der Waals surface area contributed by atoms with Crippen molar-refractivity contribution in [2.75, 3.05) is 13.6 Å². The van der Waals surface area contributed by atoms with Gasteiger partial charge in [0, 0.05) is 17.7 Å². The highest BCUT2D eigenvalue weighted by Gasteiger charge is 2.57. The Kier molecular flexibility index (Phi) is 2.79. The van der Waals surface area contributed by atoms with E-state index in [1.54, 1.807) is 5.57 Å². The standard InChI is InChI=1S/C17H26N2O/c1-11-8-12-9-15-14(5-6-16(20)18-15)17(10-11)13(12)4-3-7-19(17)2/h11-13H,3-10H2,1-2H3,(H,18,20)/t11-,12-,13-,17+/m1/s1. The molecular weight excluding hydrogens is 248 g/mol. The van der Waals surface area contributed by atoms with Crippen molar-refractivity contribution in [3.05, 3.63) is 11.3 Å². The third-order valence-electron chi connectivity index (χ3n) is 6.48. The second-order valence-electron chi connectivity index (χ2n) is 7.61. The van der Waals surface area contributed by atoms with Crippen molar-refractivity contribution in [1.82, 2.24) is 10.2 Å². The van der Waals surface area contributed by atoms with E-state index in [0.29, 0.717) is 6.42 Å². The SMILES string of the molecule is C[C@@H]1C[C@@H]2CC3=C(CCC(=O)N3)[C@]3(C1)[C@@H]2CCCN3C. The lowest BCUT2D eigenvalue weighted by Gasteiger charge is -2.62. The lowest BCUT2D eigenvalue weighted by Crippen LogP contribution is -2.64. The second-order valence-corrected chi connectivity index (χ2v) is 7.61. The van der Waals surface area contributed by atoms with Crippen LogP contribution in [0, 0.1) is 17.8 Å². The molecule has 1 saturated carbocycles. The predicted octanol–water partition coefficient (Wildman–Crippen LogP) is 2.68. The van der Waals surface area contributed by atoms with E-state index in [9.17, 15) is 4.79 Å². The summed E-state index contributed by atoms with van der Waals surface area (Å²) in [6.45, 7) is 3.65. The Bertz CT molecular complexity index is 483. The molecule has 0 unspecified atom stereocenters. The van der Waals surface area contributed by atoms with Crippen molar-refractivity contribution < 1.29 is 4.79 Å². The van der Waals surface area contributed by atoms with E-state index in [-0.39, 0.29) is 11.4 Å². The number of carbonyl (C=O) groups is 1. The third-order valence-corrected chi connectivity index (χ3v) is 6.48. The van der Waals surface area contributed by atoms with Crippen LogP contribution in [0.1, 0.15) is 51.9 Å². The van der Waals surface area contributed by atoms with Crippen molar-refractivity contribution >= 4 is 5.91 Å². The van der Waals surface area contributed by atoms with Crippen LogP contribution in [0.5, 0.6) is 0 Å². The first-order valence-electron chi connectivity index (χ1n) is 8.35. The van der Waals surface area contributed by atoms with Crippen LogP contribution in [0.2, 0.25) is 0 Å². The number of likely N-dealkylation sites (N-methyl/N-ethyl adjacent to an activating group) is 1. The van der Waals surface area contributed by atoms with Crippen LogP contribution in [-0.4, -0.2) is 29.9 Å². The van der Waals surface area contributed by atoms with Crippen LogP contribution in [0.25, 0.3) is 0 Å². The van der Waals surface area contributed by atoms with Crippen LogP contribution >= 0.6 is 0 Å². The number of carbonyl (C=O) groups excluding carboxylic acids is 1. The smallest absolute Gasteiger partial charge is 0.224 e. The largest absolute Gasteiger partial charge is 0.330 e. The Hall–Kier alpha value is -0.830. The maximum Gasteiger partial charge on any atom is 0.224 e. The molecule has 1 saturated heterocycles. The van der Waals surface area contributed by atoms with Gasteiger partial charge in [-0.25, -0.2) is 0 Å². The molecule has 0 aromatic carbocycles. The molecule has 1 N–H and O–H groups in total. The number of hydrogen-bond acceptors (Lipinski definition) is 2. The van der Waals surface area contributed by atoms with Gasteiger partial charge in [-0.3, -0.25) is 9.69 Å². The van der Waals surface area contributed by atoms with E-state index >= 15 is 0 Å². The fourth-order valence-electron chi connectivity index (χ4n) is 5.91. The molecule has 4 rings (SSSR count). The summed E-state index contributed by atoms with van der Waals surface area (Å²) >= 11 is 0. The summed E-state index contributed by atoms with van der Waals surface area (Å²) < 4.78 is 0. The number of nitrogens with one attached hydrogen (secondary N) is 1. The van der Waals surface area contributed by atoms with Crippen molar-refractivity contribution in [3.8, 4) is 0 Å². The molecule has 0 radical (unpaired) electrons. The fourth-order valence-corrected chi connectivity index (χ4v) is 5.91.